The van der Waals surface area contributed by atoms with Gasteiger partial charge in [0.25, 0.3) is 5.56 Å². The Kier molecular flexibility index (Phi) is 3.61. The number of fused-ring (bicyclic) bond motifs is 2. The number of hydrogen-bond donors (Lipinski definition) is 0. The van der Waals surface area contributed by atoms with Crippen molar-refractivity contribution in [2.75, 3.05) is 26.2 Å². The summed E-state index contributed by atoms with van der Waals surface area (Å²) in [5, 5.41) is 0.559. The van der Waals surface area contributed by atoms with Crippen LogP contribution in [0.5, 0.6) is 0 Å². The predicted octanol–water partition coefficient (Wildman–Crippen LogP) is 0.703. The Hall–Kier alpha value is -2.21. The minimum atomic E-state index is -0.150. The summed E-state index contributed by atoms with van der Waals surface area (Å²) in [6.07, 6.45) is 3.87. The van der Waals surface area contributed by atoms with Crippen molar-refractivity contribution < 1.29 is 4.79 Å². The largest absolute Gasteiger partial charge is 0.338 e. The molecule has 2 aliphatic rings. The molecule has 1 atom stereocenters. The molecule has 120 valence electrons. The molecule has 1 amide bonds. The highest BCUT2D eigenvalue weighted by molar-refractivity contribution is 5.79. The molecule has 0 saturated carbocycles. The molecule has 0 spiro atoms. The van der Waals surface area contributed by atoms with E-state index in [1.807, 2.05) is 23.1 Å². The van der Waals surface area contributed by atoms with Crippen molar-refractivity contribution >= 4 is 16.8 Å². The summed E-state index contributed by atoms with van der Waals surface area (Å²) in [5.41, 5.74) is 0.518. The van der Waals surface area contributed by atoms with E-state index in [9.17, 15) is 9.59 Å². The second-order valence-electron chi connectivity index (χ2n) is 6.37. The van der Waals surface area contributed by atoms with Crippen LogP contribution < -0.4 is 5.56 Å². The molecule has 0 aliphatic carbocycles. The topological polar surface area (TPSA) is 58.4 Å². The molecule has 2 fully saturated rings. The van der Waals surface area contributed by atoms with Gasteiger partial charge in [-0.15, -0.1) is 0 Å². The predicted molar refractivity (Wildman–Crippen MR) is 87.2 cm³/mol. The lowest BCUT2D eigenvalue weighted by atomic mass is 10.1. The van der Waals surface area contributed by atoms with Crippen LogP contribution in [0.15, 0.2) is 35.4 Å². The molecule has 2 aromatic rings. The highest BCUT2D eigenvalue weighted by Crippen LogP contribution is 2.21. The molecule has 2 saturated heterocycles. The zero-order valence-corrected chi connectivity index (χ0v) is 13.0. The molecule has 0 N–H and O–H groups in total. The summed E-state index contributed by atoms with van der Waals surface area (Å²) in [4.78, 5) is 33.7. The second kappa shape index (κ2) is 5.77. The van der Waals surface area contributed by atoms with E-state index in [0.29, 0.717) is 16.9 Å². The van der Waals surface area contributed by atoms with Crippen LogP contribution in [0.1, 0.15) is 12.8 Å². The van der Waals surface area contributed by atoms with E-state index in [1.165, 1.54) is 23.7 Å². The average Bonchev–Trinajstić information content (AvgIpc) is 3.05. The molecule has 0 bridgehead atoms. The number of nitrogens with zero attached hydrogens (tertiary/aromatic N) is 4. The van der Waals surface area contributed by atoms with Gasteiger partial charge in [-0.05, 0) is 31.5 Å². The molecule has 6 nitrogen and oxygen atoms in total. The first-order valence-corrected chi connectivity index (χ1v) is 8.18. The Bertz CT molecular complexity index is 801. The van der Waals surface area contributed by atoms with Crippen LogP contribution in [0.4, 0.5) is 0 Å². The van der Waals surface area contributed by atoms with Crippen LogP contribution >= 0.6 is 0 Å². The molecule has 1 unspecified atom stereocenters. The summed E-state index contributed by atoms with van der Waals surface area (Å²) in [6.45, 7) is 3.71. The van der Waals surface area contributed by atoms with Crippen molar-refractivity contribution in [1.29, 1.82) is 0 Å². The van der Waals surface area contributed by atoms with E-state index < -0.39 is 0 Å². The minimum Gasteiger partial charge on any atom is -0.338 e. The molecule has 0 radical (unpaired) electrons. The maximum atomic E-state index is 12.6. The van der Waals surface area contributed by atoms with E-state index in [4.69, 9.17) is 0 Å². The van der Waals surface area contributed by atoms with Crippen LogP contribution in [0.25, 0.3) is 10.9 Å². The van der Waals surface area contributed by atoms with Gasteiger partial charge in [0, 0.05) is 25.7 Å². The standard InChI is InChI=1S/C17H20N4O2/c22-16(20-9-8-19-7-3-4-13(19)10-20)11-21-12-18-15-6-2-1-5-14(15)17(21)23/h1-2,5-6,12-13H,3-4,7-11H2. The summed E-state index contributed by atoms with van der Waals surface area (Å²) in [7, 11) is 0. The average molecular weight is 312 g/mol. The number of hydrogen-bond acceptors (Lipinski definition) is 4. The lowest BCUT2D eigenvalue weighted by molar-refractivity contribution is -0.134. The van der Waals surface area contributed by atoms with Gasteiger partial charge in [-0.25, -0.2) is 4.98 Å². The first-order valence-electron chi connectivity index (χ1n) is 8.18. The third kappa shape index (κ3) is 2.63. The van der Waals surface area contributed by atoms with E-state index in [1.54, 1.807) is 6.07 Å². The van der Waals surface area contributed by atoms with Crippen LogP contribution in [0.2, 0.25) is 0 Å². The smallest absolute Gasteiger partial charge is 0.261 e. The number of carbonyl (C=O) groups is 1. The fourth-order valence-electron chi connectivity index (χ4n) is 3.68. The number of rotatable bonds is 2. The SMILES string of the molecule is O=C(Cn1cnc2ccccc2c1=O)N1CCN2CCCC2C1. The summed E-state index contributed by atoms with van der Waals surface area (Å²) in [5.74, 6) is 0.00994. The summed E-state index contributed by atoms with van der Waals surface area (Å²) < 4.78 is 1.42. The van der Waals surface area contributed by atoms with Gasteiger partial charge in [0.05, 0.1) is 17.2 Å². The van der Waals surface area contributed by atoms with Crippen molar-refractivity contribution in [1.82, 2.24) is 19.4 Å². The zero-order chi connectivity index (χ0) is 15.8. The van der Waals surface area contributed by atoms with Gasteiger partial charge in [-0.3, -0.25) is 19.1 Å². The van der Waals surface area contributed by atoms with Gasteiger partial charge in [0.15, 0.2) is 0 Å². The van der Waals surface area contributed by atoms with Crippen molar-refractivity contribution in [2.24, 2.45) is 0 Å². The van der Waals surface area contributed by atoms with E-state index in [-0.39, 0.29) is 18.0 Å². The normalized spacial score (nSPS) is 21.6. The van der Waals surface area contributed by atoms with Gasteiger partial charge in [0.1, 0.15) is 6.54 Å². The maximum Gasteiger partial charge on any atom is 0.261 e. The van der Waals surface area contributed by atoms with E-state index in [2.05, 4.69) is 9.88 Å². The van der Waals surface area contributed by atoms with E-state index in [0.717, 1.165) is 26.2 Å². The molecule has 1 aromatic carbocycles. The van der Waals surface area contributed by atoms with Crippen LogP contribution in [0.3, 0.4) is 0 Å². The highest BCUT2D eigenvalue weighted by atomic mass is 16.2. The third-order valence-corrected chi connectivity index (χ3v) is 4.98. The molecular formula is C17H20N4O2. The number of carbonyl (C=O) groups excluding carboxylic acids is 1. The third-order valence-electron chi connectivity index (χ3n) is 4.98. The van der Waals surface area contributed by atoms with Gasteiger partial charge >= 0.3 is 0 Å². The van der Waals surface area contributed by atoms with Crippen molar-refractivity contribution in [3.05, 3.63) is 40.9 Å². The van der Waals surface area contributed by atoms with Gasteiger partial charge < -0.3 is 4.90 Å². The Morgan fingerprint density at radius 2 is 2.09 bits per heavy atom. The van der Waals surface area contributed by atoms with Crippen molar-refractivity contribution in [2.45, 2.75) is 25.4 Å². The van der Waals surface area contributed by atoms with Crippen molar-refractivity contribution in [3.8, 4) is 0 Å². The number of piperazine rings is 1. The molecule has 3 heterocycles. The fourth-order valence-corrected chi connectivity index (χ4v) is 3.68. The fraction of sp³-hybridized carbons (Fsp3) is 0.471. The van der Waals surface area contributed by atoms with Crippen molar-refractivity contribution in [3.63, 3.8) is 0 Å². The second-order valence-corrected chi connectivity index (χ2v) is 6.37. The molecular weight excluding hydrogens is 292 g/mol. The Morgan fingerprint density at radius 3 is 3.00 bits per heavy atom. The van der Waals surface area contributed by atoms with Crippen LogP contribution in [-0.2, 0) is 11.3 Å². The molecule has 1 aromatic heterocycles. The first-order chi connectivity index (χ1) is 11.2. The number of para-hydroxylation sites is 1. The summed E-state index contributed by atoms with van der Waals surface area (Å²) >= 11 is 0. The summed E-state index contributed by atoms with van der Waals surface area (Å²) in [6, 6.07) is 7.73. The number of benzene rings is 1. The quantitative estimate of drug-likeness (QED) is 0.819. The maximum absolute atomic E-state index is 12.6. The Balaban J connectivity index is 1.52. The number of aromatic nitrogens is 2. The van der Waals surface area contributed by atoms with Gasteiger partial charge in [-0.2, -0.15) is 0 Å². The van der Waals surface area contributed by atoms with Crippen LogP contribution in [0, 0.1) is 0 Å². The molecule has 23 heavy (non-hydrogen) atoms. The Morgan fingerprint density at radius 1 is 1.22 bits per heavy atom. The minimum absolute atomic E-state index is 0.00994. The molecule has 2 aliphatic heterocycles. The first kappa shape index (κ1) is 14.4. The zero-order valence-electron chi connectivity index (χ0n) is 13.0. The lowest BCUT2D eigenvalue weighted by Gasteiger charge is -2.37. The van der Waals surface area contributed by atoms with Crippen LogP contribution in [-0.4, -0.2) is 57.5 Å². The monoisotopic (exact) mass is 312 g/mol. The molecule has 4 rings (SSSR count). The molecule has 6 heteroatoms. The van der Waals surface area contributed by atoms with E-state index >= 15 is 0 Å². The lowest BCUT2D eigenvalue weighted by Crippen LogP contribution is -2.53. The van der Waals surface area contributed by atoms with Gasteiger partial charge in [0.2, 0.25) is 5.91 Å². The Labute approximate surface area is 134 Å². The number of amides is 1. The highest BCUT2D eigenvalue weighted by Gasteiger charge is 2.32. The van der Waals surface area contributed by atoms with Gasteiger partial charge in [-0.1, -0.05) is 12.1 Å².